The summed E-state index contributed by atoms with van der Waals surface area (Å²) in [6, 6.07) is 15.3. The zero-order chi connectivity index (χ0) is 15.5. The van der Waals surface area contributed by atoms with E-state index in [-0.39, 0.29) is 11.4 Å². The van der Waals surface area contributed by atoms with Gasteiger partial charge in [-0.2, -0.15) is 0 Å². The molecule has 3 rings (SSSR count). The summed E-state index contributed by atoms with van der Waals surface area (Å²) in [5.41, 5.74) is 2.64. The van der Waals surface area contributed by atoms with E-state index in [1.165, 1.54) is 0 Å². The van der Waals surface area contributed by atoms with Gasteiger partial charge in [0.1, 0.15) is 5.82 Å². The van der Waals surface area contributed by atoms with Gasteiger partial charge in [-0.3, -0.25) is 9.36 Å². The molecule has 0 saturated heterocycles. The fraction of sp³-hybridized carbons (Fsp3) is 0.222. The Labute approximate surface area is 134 Å². The maximum absolute atomic E-state index is 12.9. The molecule has 0 aliphatic rings. The molecule has 1 aromatic heterocycles. The molecule has 0 bridgehead atoms. The molecule has 3 aromatic rings. The van der Waals surface area contributed by atoms with Crippen LogP contribution in [0.15, 0.2) is 53.3 Å². The van der Waals surface area contributed by atoms with Crippen LogP contribution in [0, 0.1) is 0 Å². The Morgan fingerprint density at radius 2 is 1.82 bits per heavy atom. The van der Waals surface area contributed by atoms with Crippen LogP contribution in [-0.2, 0) is 12.3 Å². The lowest BCUT2D eigenvalue weighted by atomic mass is 10.1. The lowest BCUT2D eigenvalue weighted by Crippen LogP contribution is -2.24. The first-order valence-corrected chi connectivity index (χ1v) is 7.94. The molecule has 0 atom stereocenters. The first kappa shape index (κ1) is 14.8. The van der Waals surface area contributed by atoms with E-state index in [0.29, 0.717) is 16.7 Å². The number of aromatic nitrogens is 2. The Morgan fingerprint density at radius 1 is 1.09 bits per heavy atom. The van der Waals surface area contributed by atoms with E-state index in [4.69, 9.17) is 11.6 Å². The van der Waals surface area contributed by atoms with Crippen molar-refractivity contribution in [2.45, 2.75) is 25.6 Å². The van der Waals surface area contributed by atoms with Crippen LogP contribution in [-0.4, -0.2) is 9.55 Å². The first-order valence-electron chi connectivity index (χ1n) is 7.41. The van der Waals surface area contributed by atoms with Crippen LogP contribution in [0.2, 0.25) is 0 Å². The highest BCUT2D eigenvalue weighted by Gasteiger charge is 2.14. The van der Waals surface area contributed by atoms with Gasteiger partial charge in [-0.1, -0.05) is 43.7 Å². The molecular formula is C18H17ClN2O. The molecule has 112 valence electrons. The number of alkyl halides is 1. The van der Waals surface area contributed by atoms with Gasteiger partial charge >= 0.3 is 0 Å². The third kappa shape index (κ3) is 2.53. The Kier molecular flexibility index (Phi) is 4.25. The van der Waals surface area contributed by atoms with E-state index >= 15 is 0 Å². The SMILES string of the molecule is CCCc1ccccc1-n1c(CCl)nc2ccccc2c1=O. The van der Waals surface area contributed by atoms with Crippen molar-refractivity contribution in [1.82, 2.24) is 9.55 Å². The van der Waals surface area contributed by atoms with Crippen LogP contribution in [0.3, 0.4) is 0 Å². The zero-order valence-electron chi connectivity index (χ0n) is 12.4. The Balaban J connectivity index is 2.35. The number of benzene rings is 2. The molecule has 0 aliphatic heterocycles. The third-order valence-corrected chi connectivity index (χ3v) is 3.96. The number of rotatable bonds is 4. The molecule has 4 heteroatoms. The molecule has 0 radical (unpaired) electrons. The molecule has 0 fully saturated rings. The van der Waals surface area contributed by atoms with E-state index < -0.39 is 0 Å². The third-order valence-electron chi connectivity index (χ3n) is 3.72. The standard InChI is InChI=1S/C18H17ClN2O/c1-2-7-13-8-3-6-11-16(13)21-17(12-19)20-15-10-5-4-9-14(15)18(21)22/h3-6,8-11H,2,7,12H2,1H3. The average molecular weight is 313 g/mol. The summed E-state index contributed by atoms with van der Waals surface area (Å²) >= 11 is 6.06. The number of hydrogen-bond acceptors (Lipinski definition) is 2. The fourth-order valence-electron chi connectivity index (χ4n) is 2.73. The van der Waals surface area contributed by atoms with Crippen molar-refractivity contribution in [2.24, 2.45) is 0 Å². The molecule has 0 amide bonds. The van der Waals surface area contributed by atoms with Gasteiger partial charge < -0.3 is 0 Å². The second-order valence-electron chi connectivity index (χ2n) is 5.20. The number of fused-ring (bicyclic) bond motifs is 1. The second-order valence-corrected chi connectivity index (χ2v) is 5.47. The molecule has 0 aliphatic carbocycles. The molecule has 0 spiro atoms. The van der Waals surface area contributed by atoms with Gasteiger partial charge in [-0.25, -0.2) is 4.98 Å². The highest BCUT2D eigenvalue weighted by molar-refractivity contribution is 6.16. The number of para-hydroxylation sites is 2. The molecule has 0 saturated carbocycles. The van der Waals surface area contributed by atoms with Crippen LogP contribution in [0.4, 0.5) is 0 Å². The Morgan fingerprint density at radius 3 is 2.59 bits per heavy atom. The summed E-state index contributed by atoms with van der Waals surface area (Å²) in [4.78, 5) is 17.5. The minimum absolute atomic E-state index is 0.0650. The predicted molar refractivity (Wildman–Crippen MR) is 90.9 cm³/mol. The van der Waals surface area contributed by atoms with E-state index in [1.807, 2.05) is 42.5 Å². The van der Waals surface area contributed by atoms with Crippen molar-refractivity contribution in [2.75, 3.05) is 0 Å². The average Bonchev–Trinajstić information content (AvgIpc) is 2.56. The van der Waals surface area contributed by atoms with Crippen molar-refractivity contribution in [3.8, 4) is 5.69 Å². The van der Waals surface area contributed by atoms with E-state index in [9.17, 15) is 4.79 Å². The molecule has 1 heterocycles. The molecule has 0 unspecified atom stereocenters. The van der Waals surface area contributed by atoms with Gasteiger partial charge in [-0.05, 0) is 30.2 Å². The number of aryl methyl sites for hydroxylation is 1. The van der Waals surface area contributed by atoms with E-state index in [1.54, 1.807) is 4.57 Å². The monoisotopic (exact) mass is 312 g/mol. The first-order chi connectivity index (χ1) is 10.8. The summed E-state index contributed by atoms with van der Waals surface area (Å²) in [5, 5.41) is 0.614. The van der Waals surface area contributed by atoms with Crippen LogP contribution in [0.25, 0.3) is 16.6 Å². The van der Waals surface area contributed by atoms with Crippen molar-refractivity contribution >= 4 is 22.5 Å². The van der Waals surface area contributed by atoms with Gasteiger partial charge in [0.05, 0.1) is 22.5 Å². The predicted octanol–water partition coefficient (Wildman–Crippen LogP) is 4.08. The van der Waals surface area contributed by atoms with Crippen molar-refractivity contribution in [3.63, 3.8) is 0 Å². The van der Waals surface area contributed by atoms with Crippen LogP contribution in [0.1, 0.15) is 24.7 Å². The number of halogens is 1. The molecule has 22 heavy (non-hydrogen) atoms. The van der Waals surface area contributed by atoms with Gasteiger partial charge in [-0.15, -0.1) is 11.6 Å². The van der Waals surface area contributed by atoms with Crippen molar-refractivity contribution < 1.29 is 0 Å². The summed E-state index contributed by atoms with van der Waals surface area (Å²) in [6.45, 7) is 2.13. The van der Waals surface area contributed by atoms with E-state index in [2.05, 4.69) is 18.0 Å². The highest BCUT2D eigenvalue weighted by atomic mass is 35.5. The summed E-state index contributed by atoms with van der Waals surface area (Å²) in [7, 11) is 0. The molecule has 0 N–H and O–H groups in total. The van der Waals surface area contributed by atoms with Crippen LogP contribution < -0.4 is 5.56 Å². The molecule has 2 aromatic carbocycles. The summed E-state index contributed by atoms with van der Waals surface area (Å²) in [6.07, 6.45) is 1.93. The fourth-order valence-corrected chi connectivity index (χ4v) is 2.91. The Hall–Kier alpha value is -2.13. The molecular weight excluding hydrogens is 296 g/mol. The smallest absolute Gasteiger partial charge is 0.266 e. The minimum atomic E-state index is -0.0650. The van der Waals surface area contributed by atoms with Gasteiger partial charge in [0.25, 0.3) is 5.56 Å². The van der Waals surface area contributed by atoms with E-state index in [0.717, 1.165) is 24.1 Å². The number of nitrogens with zero attached hydrogens (tertiary/aromatic N) is 2. The van der Waals surface area contributed by atoms with Crippen molar-refractivity contribution in [3.05, 3.63) is 70.3 Å². The highest BCUT2D eigenvalue weighted by Crippen LogP contribution is 2.19. The van der Waals surface area contributed by atoms with Gasteiger partial charge in [0.15, 0.2) is 0 Å². The lowest BCUT2D eigenvalue weighted by Gasteiger charge is -2.15. The topological polar surface area (TPSA) is 34.9 Å². The Bertz CT molecular complexity index is 870. The van der Waals surface area contributed by atoms with Gasteiger partial charge in [0, 0.05) is 0 Å². The molecule has 3 nitrogen and oxygen atoms in total. The van der Waals surface area contributed by atoms with Crippen molar-refractivity contribution in [1.29, 1.82) is 0 Å². The normalized spacial score (nSPS) is 11.0. The minimum Gasteiger partial charge on any atom is -0.268 e. The summed E-state index contributed by atoms with van der Waals surface area (Å²) < 4.78 is 1.65. The second kappa shape index (κ2) is 6.32. The largest absolute Gasteiger partial charge is 0.268 e. The quantitative estimate of drug-likeness (QED) is 0.680. The lowest BCUT2D eigenvalue weighted by molar-refractivity contribution is 0.844. The zero-order valence-corrected chi connectivity index (χ0v) is 13.2. The maximum Gasteiger partial charge on any atom is 0.266 e. The summed E-state index contributed by atoms with van der Waals surface area (Å²) in [5.74, 6) is 0.773. The maximum atomic E-state index is 12.9. The van der Waals surface area contributed by atoms with Gasteiger partial charge in [0.2, 0.25) is 0 Å². The van der Waals surface area contributed by atoms with Crippen LogP contribution in [0.5, 0.6) is 0 Å². The number of hydrogen-bond donors (Lipinski definition) is 0. The van der Waals surface area contributed by atoms with Crippen LogP contribution >= 0.6 is 11.6 Å².